The lowest BCUT2D eigenvalue weighted by Crippen LogP contribution is -2.35. The summed E-state index contributed by atoms with van der Waals surface area (Å²) >= 11 is 0. The van der Waals surface area contributed by atoms with Gasteiger partial charge in [-0.25, -0.2) is 0 Å². The molecule has 0 aromatic rings. The van der Waals surface area contributed by atoms with Crippen molar-refractivity contribution < 1.29 is 4.74 Å². The quantitative estimate of drug-likeness (QED) is 0.267. The van der Waals surface area contributed by atoms with Gasteiger partial charge < -0.3 is 4.74 Å². The van der Waals surface area contributed by atoms with E-state index in [0.717, 1.165) is 25.9 Å². The van der Waals surface area contributed by atoms with Crippen molar-refractivity contribution in [2.45, 2.75) is 69.9 Å². The number of nitrogens with two attached hydrogens (primary N) is 1. The SMILES string of the molecule is C=CCCCCCC(CCC1CCCO1)NN. The normalized spacial score (nSPS) is 21.6. The summed E-state index contributed by atoms with van der Waals surface area (Å²) in [5, 5.41) is 0. The molecule has 0 radical (unpaired) electrons. The molecule has 17 heavy (non-hydrogen) atoms. The van der Waals surface area contributed by atoms with Crippen LogP contribution in [0.1, 0.15) is 57.8 Å². The maximum atomic E-state index is 5.63. The van der Waals surface area contributed by atoms with Crippen molar-refractivity contribution in [3.8, 4) is 0 Å². The summed E-state index contributed by atoms with van der Waals surface area (Å²) in [5.74, 6) is 5.59. The molecule has 1 aliphatic rings. The topological polar surface area (TPSA) is 47.3 Å². The maximum absolute atomic E-state index is 5.63. The summed E-state index contributed by atoms with van der Waals surface area (Å²) in [5.41, 5.74) is 2.94. The molecule has 0 aliphatic carbocycles. The molecule has 0 aromatic carbocycles. The average molecular weight is 240 g/mol. The van der Waals surface area contributed by atoms with Crippen LogP contribution in [-0.4, -0.2) is 18.8 Å². The van der Waals surface area contributed by atoms with E-state index in [9.17, 15) is 0 Å². The Morgan fingerprint density at radius 2 is 2.24 bits per heavy atom. The summed E-state index contributed by atoms with van der Waals surface area (Å²) in [6.07, 6.45) is 13.4. The maximum Gasteiger partial charge on any atom is 0.0576 e. The molecule has 1 rings (SSSR count). The zero-order chi connectivity index (χ0) is 12.3. The number of hydrogen-bond donors (Lipinski definition) is 2. The number of nitrogens with one attached hydrogen (secondary N) is 1. The van der Waals surface area contributed by atoms with Crippen LogP contribution in [0.3, 0.4) is 0 Å². The van der Waals surface area contributed by atoms with Gasteiger partial charge in [0.2, 0.25) is 0 Å². The van der Waals surface area contributed by atoms with Gasteiger partial charge >= 0.3 is 0 Å². The molecule has 2 unspecified atom stereocenters. The van der Waals surface area contributed by atoms with E-state index < -0.39 is 0 Å². The smallest absolute Gasteiger partial charge is 0.0576 e. The van der Waals surface area contributed by atoms with Crippen LogP contribution >= 0.6 is 0 Å². The molecule has 3 nitrogen and oxygen atoms in total. The summed E-state index contributed by atoms with van der Waals surface area (Å²) in [4.78, 5) is 0. The van der Waals surface area contributed by atoms with Crippen LogP contribution < -0.4 is 11.3 Å². The Kier molecular flexibility index (Phi) is 8.32. The highest BCUT2D eigenvalue weighted by molar-refractivity contribution is 4.71. The van der Waals surface area contributed by atoms with E-state index >= 15 is 0 Å². The summed E-state index contributed by atoms with van der Waals surface area (Å²) < 4.78 is 5.63. The molecule has 0 spiro atoms. The number of unbranched alkanes of at least 4 members (excludes halogenated alkanes) is 3. The summed E-state index contributed by atoms with van der Waals surface area (Å²) in [6.45, 7) is 4.69. The molecule has 3 N–H and O–H groups in total. The lowest BCUT2D eigenvalue weighted by atomic mass is 10.0. The Hall–Kier alpha value is -0.380. The van der Waals surface area contributed by atoms with Gasteiger partial charge in [0.05, 0.1) is 6.10 Å². The largest absolute Gasteiger partial charge is 0.378 e. The molecule has 0 bridgehead atoms. The Balaban J connectivity index is 2.00. The van der Waals surface area contributed by atoms with Crippen LogP contribution in [0.25, 0.3) is 0 Å². The molecule has 1 fully saturated rings. The highest BCUT2D eigenvalue weighted by Gasteiger charge is 2.17. The van der Waals surface area contributed by atoms with E-state index in [-0.39, 0.29) is 0 Å². The third-order valence-corrected chi connectivity index (χ3v) is 3.56. The lowest BCUT2D eigenvalue weighted by Gasteiger charge is -2.17. The average Bonchev–Trinajstić information content (AvgIpc) is 2.86. The van der Waals surface area contributed by atoms with Crippen molar-refractivity contribution >= 4 is 0 Å². The molecular formula is C14H28N2O. The zero-order valence-electron chi connectivity index (χ0n) is 11.0. The minimum atomic E-state index is 0.461. The van der Waals surface area contributed by atoms with Crippen LogP contribution in [0, 0.1) is 0 Å². The molecule has 0 aromatic heterocycles. The second kappa shape index (κ2) is 9.63. The first-order valence-corrected chi connectivity index (χ1v) is 7.05. The van der Waals surface area contributed by atoms with Crippen molar-refractivity contribution in [1.29, 1.82) is 0 Å². The Labute approximate surface area is 106 Å². The first kappa shape index (κ1) is 14.7. The predicted molar refractivity (Wildman–Crippen MR) is 72.6 cm³/mol. The van der Waals surface area contributed by atoms with Gasteiger partial charge in [-0.05, 0) is 44.9 Å². The standard InChI is InChI=1S/C14H28N2O/c1-2-3-4-5-6-8-13(16-15)10-11-14-9-7-12-17-14/h2,13-14,16H,1,3-12,15H2. The molecule has 2 atom stereocenters. The number of rotatable bonds is 10. The van der Waals surface area contributed by atoms with Crippen LogP contribution in [0.5, 0.6) is 0 Å². The number of hydrogen-bond acceptors (Lipinski definition) is 3. The summed E-state index contributed by atoms with van der Waals surface area (Å²) in [6, 6.07) is 0.461. The third-order valence-electron chi connectivity index (χ3n) is 3.56. The van der Waals surface area contributed by atoms with Crippen molar-refractivity contribution in [2.75, 3.05) is 6.61 Å². The van der Waals surface area contributed by atoms with Gasteiger partial charge in [0, 0.05) is 12.6 Å². The molecule has 1 saturated heterocycles. The van der Waals surface area contributed by atoms with E-state index in [1.165, 1.54) is 38.5 Å². The molecule has 100 valence electrons. The van der Waals surface area contributed by atoms with Crippen LogP contribution in [0.15, 0.2) is 12.7 Å². The molecule has 3 heteroatoms. The Morgan fingerprint density at radius 3 is 2.88 bits per heavy atom. The van der Waals surface area contributed by atoms with E-state index in [0.29, 0.717) is 12.1 Å². The second-order valence-corrected chi connectivity index (χ2v) is 5.00. The Bertz CT molecular complexity index is 191. The fourth-order valence-corrected chi connectivity index (χ4v) is 2.43. The van der Waals surface area contributed by atoms with Crippen molar-refractivity contribution in [2.24, 2.45) is 5.84 Å². The van der Waals surface area contributed by atoms with Crippen molar-refractivity contribution in [1.82, 2.24) is 5.43 Å². The van der Waals surface area contributed by atoms with E-state index in [1.807, 2.05) is 6.08 Å². The minimum Gasteiger partial charge on any atom is -0.378 e. The highest BCUT2D eigenvalue weighted by atomic mass is 16.5. The first-order valence-electron chi connectivity index (χ1n) is 7.05. The van der Waals surface area contributed by atoms with E-state index in [4.69, 9.17) is 10.6 Å². The second-order valence-electron chi connectivity index (χ2n) is 5.00. The molecule has 1 heterocycles. The predicted octanol–water partition coefficient (Wildman–Crippen LogP) is 2.91. The molecular weight excluding hydrogens is 212 g/mol. The Morgan fingerprint density at radius 1 is 1.35 bits per heavy atom. The molecule has 0 saturated carbocycles. The van der Waals surface area contributed by atoms with Gasteiger partial charge in [-0.2, -0.15) is 0 Å². The van der Waals surface area contributed by atoms with E-state index in [2.05, 4.69) is 12.0 Å². The van der Waals surface area contributed by atoms with Gasteiger partial charge in [-0.3, -0.25) is 11.3 Å². The summed E-state index contributed by atoms with van der Waals surface area (Å²) in [7, 11) is 0. The zero-order valence-corrected chi connectivity index (χ0v) is 11.0. The minimum absolute atomic E-state index is 0.461. The lowest BCUT2D eigenvalue weighted by molar-refractivity contribution is 0.0992. The van der Waals surface area contributed by atoms with Gasteiger partial charge in [0.15, 0.2) is 0 Å². The van der Waals surface area contributed by atoms with Crippen LogP contribution in [-0.2, 0) is 4.74 Å². The number of ether oxygens (including phenoxy) is 1. The van der Waals surface area contributed by atoms with Crippen LogP contribution in [0.4, 0.5) is 0 Å². The first-order chi connectivity index (χ1) is 8.36. The fourth-order valence-electron chi connectivity index (χ4n) is 2.43. The van der Waals surface area contributed by atoms with Gasteiger partial charge in [0.25, 0.3) is 0 Å². The third kappa shape index (κ3) is 6.81. The van der Waals surface area contributed by atoms with Crippen molar-refractivity contribution in [3.05, 3.63) is 12.7 Å². The number of allylic oxidation sites excluding steroid dienone is 1. The van der Waals surface area contributed by atoms with Crippen LogP contribution in [0.2, 0.25) is 0 Å². The molecule has 1 aliphatic heterocycles. The van der Waals surface area contributed by atoms with Gasteiger partial charge in [-0.1, -0.05) is 18.9 Å². The van der Waals surface area contributed by atoms with Crippen molar-refractivity contribution in [3.63, 3.8) is 0 Å². The number of hydrazine groups is 1. The van der Waals surface area contributed by atoms with Gasteiger partial charge in [-0.15, -0.1) is 6.58 Å². The molecule has 0 amide bonds. The fraction of sp³-hybridized carbons (Fsp3) is 0.857. The monoisotopic (exact) mass is 240 g/mol. The van der Waals surface area contributed by atoms with E-state index in [1.54, 1.807) is 0 Å². The van der Waals surface area contributed by atoms with Gasteiger partial charge in [0.1, 0.15) is 0 Å². The highest BCUT2D eigenvalue weighted by Crippen LogP contribution is 2.19.